The van der Waals surface area contributed by atoms with Gasteiger partial charge in [0.25, 0.3) is 0 Å². The summed E-state index contributed by atoms with van der Waals surface area (Å²) in [6.07, 6.45) is 4.72. The van der Waals surface area contributed by atoms with E-state index in [1.807, 2.05) is 18.7 Å². The molecule has 0 aromatic rings. The number of rotatable bonds is 4. The Hall–Kier alpha value is -0.220. The Labute approximate surface area is 95.2 Å². The van der Waals surface area contributed by atoms with Crippen molar-refractivity contribution in [3.63, 3.8) is 0 Å². The third-order valence-electron chi connectivity index (χ3n) is 3.39. The third-order valence-corrected chi connectivity index (χ3v) is 4.43. The summed E-state index contributed by atoms with van der Waals surface area (Å²) >= 11 is 1.99. The first kappa shape index (κ1) is 11.3. The second kappa shape index (κ2) is 4.74. The van der Waals surface area contributed by atoms with Gasteiger partial charge < -0.3 is 5.11 Å². The SMILES string of the molecule is C[C@@H](C(=O)O)N(C1CCSCC1)C1CC1. The molecule has 1 saturated carbocycles. The summed E-state index contributed by atoms with van der Waals surface area (Å²) in [6.45, 7) is 1.84. The van der Waals surface area contributed by atoms with E-state index >= 15 is 0 Å². The fraction of sp³-hybridized carbons (Fsp3) is 0.909. The maximum absolute atomic E-state index is 11.1. The molecule has 0 amide bonds. The zero-order valence-corrected chi connectivity index (χ0v) is 10.0. The fourth-order valence-corrected chi connectivity index (χ4v) is 3.50. The van der Waals surface area contributed by atoms with E-state index in [1.54, 1.807) is 0 Å². The van der Waals surface area contributed by atoms with Gasteiger partial charge in [0.2, 0.25) is 0 Å². The Morgan fingerprint density at radius 3 is 2.27 bits per heavy atom. The lowest BCUT2D eigenvalue weighted by Gasteiger charge is -2.36. The average Bonchev–Trinajstić information content (AvgIpc) is 3.04. The number of carboxylic acids is 1. The van der Waals surface area contributed by atoms with Gasteiger partial charge in [-0.05, 0) is 44.1 Å². The highest BCUT2D eigenvalue weighted by Gasteiger charge is 2.39. The zero-order valence-electron chi connectivity index (χ0n) is 9.19. The van der Waals surface area contributed by atoms with Crippen LogP contribution in [0.25, 0.3) is 0 Å². The maximum Gasteiger partial charge on any atom is 0.320 e. The van der Waals surface area contributed by atoms with E-state index in [-0.39, 0.29) is 6.04 Å². The van der Waals surface area contributed by atoms with Crippen molar-refractivity contribution in [1.82, 2.24) is 4.90 Å². The summed E-state index contributed by atoms with van der Waals surface area (Å²) in [5.41, 5.74) is 0. The molecule has 1 heterocycles. The van der Waals surface area contributed by atoms with Gasteiger partial charge >= 0.3 is 5.97 Å². The maximum atomic E-state index is 11.1. The molecule has 1 aliphatic carbocycles. The molecule has 2 rings (SSSR count). The third kappa shape index (κ3) is 2.67. The van der Waals surface area contributed by atoms with Crippen LogP contribution >= 0.6 is 11.8 Å². The van der Waals surface area contributed by atoms with Crippen molar-refractivity contribution in [2.45, 2.75) is 50.7 Å². The molecule has 1 saturated heterocycles. The summed E-state index contributed by atoms with van der Waals surface area (Å²) in [5.74, 6) is 1.72. The second-order valence-corrected chi connectivity index (χ2v) is 5.76. The smallest absolute Gasteiger partial charge is 0.320 e. The fourth-order valence-electron chi connectivity index (χ4n) is 2.41. The van der Waals surface area contributed by atoms with E-state index in [1.165, 1.54) is 37.2 Å². The summed E-state index contributed by atoms with van der Waals surface area (Å²) < 4.78 is 0. The van der Waals surface area contributed by atoms with Crippen molar-refractivity contribution >= 4 is 17.7 Å². The number of aliphatic carboxylic acids is 1. The quantitative estimate of drug-likeness (QED) is 0.798. The normalized spacial score (nSPS) is 25.5. The van der Waals surface area contributed by atoms with Crippen LogP contribution in [0.3, 0.4) is 0 Å². The average molecular weight is 229 g/mol. The Morgan fingerprint density at radius 1 is 1.27 bits per heavy atom. The monoisotopic (exact) mass is 229 g/mol. The molecule has 0 radical (unpaired) electrons. The van der Waals surface area contributed by atoms with Crippen LogP contribution in [0.4, 0.5) is 0 Å². The molecule has 1 atom stereocenters. The van der Waals surface area contributed by atoms with E-state index in [9.17, 15) is 4.79 Å². The van der Waals surface area contributed by atoms with Crippen LogP contribution in [0, 0.1) is 0 Å². The lowest BCUT2D eigenvalue weighted by molar-refractivity contribution is -0.144. The van der Waals surface area contributed by atoms with E-state index in [4.69, 9.17) is 5.11 Å². The Kier molecular flexibility index (Phi) is 3.57. The van der Waals surface area contributed by atoms with Crippen molar-refractivity contribution < 1.29 is 9.90 Å². The van der Waals surface area contributed by atoms with Gasteiger partial charge in [0.05, 0.1) is 0 Å². The molecule has 0 aromatic heterocycles. The molecule has 4 heteroatoms. The molecule has 0 spiro atoms. The molecule has 2 fully saturated rings. The molecule has 3 nitrogen and oxygen atoms in total. The first-order valence-corrected chi connectivity index (χ1v) is 6.93. The molecular weight excluding hydrogens is 210 g/mol. The molecular formula is C11H19NO2S. The number of carbonyl (C=O) groups is 1. The van der Waals surface area contributed by atoms with Gasteiger partial charge in [0.1, 0.15) is 6.04 Å². The van der Waals surface area contributed by atoms with Gasteiger partial charge in [0.15, 0.2) is 0 Å². The van der Waals surface area contributed by atoms with E-state index in [0.29, 0.717) is 12.1 Å². The predicted octanol–water partition coefficient (Wildman–Crippen LogP) is 1.82. The highest BCUT2D eigenvalue weighted by molar-refractivity contribution is 7.99. The van der Waals surface area contributed by atoms with Crippen molar-refractivity contribution in [2.75, 3.05) is 11.5 Å². The summed E-state index contributed by atoms with van der Waals surface area (Å²) in [5, 5.41) is 9.11. The van der Waals surface area contributed by atoms with E-state index in [0.717, 1.165) is 0 Å². The van der Waals surface area contributed by atoms with E-state index in [2.05, 4.69) is 4.90 Å². The van der Waals surface area contributed by atoms with Gasteiger partial charge in [-0.15, -0.1) is 0 Å². The van der Waals surface area contributed by atoms with Crippen LogP contribution in [-0.2, 0) is 4.79 Å². The minimum absolute atomic E-state index is 0.300. The highest BCUT2D eigenvalue weighted by Crippen LogP contribution is 2.34. The first-order chi connectivity index (χ1) is 7.20. The molecule has 0 bridgehead atoms. The van der Waals surface area contributed by atoms with Crippen molar-refractivity contribution in [1.29, 1.82) is 0 Å². The van der Waals surface area contributed by atoms with Crippen LogP contribution < -0.4 is 0 Å². The second-order valence-electron chi connectivity index (χ2n) is 4.54. The van der Waals surface area contributed by atoms with Gasteiger partial charge in [0, 0.05) is 12.1 Å². The van der Waals surface area contributed by atoms with Crippen LogP contribution in [-0.4, -0.2) is 45.6 Å². The summed E-state index contributed by atoms with van der Waals surface area (Å²) in [6, 6.07) is 0.777. The molecule has 2 aliphatic rings. The standard InChI is InChI=1S/C11H19NO2S/c1-8(11(13)14)12(9-2-3-9)10-4-6-15-7-5-10/h8-10H,2-7H2,1H3,(H,13,14)/t8-/m0/s1. The molecule has 0 unspecified atom stereocenters. The lowest BCUT2D eigenvalue weighted by atomic mass is 10.1. The van der Waals surface area contributed by atoms with Crippen molar-refractivity contribution in [3.05, 3.63) is 0 Å². The minimum Gasteiger partial charge on any atom is -0.480 e. The van der Waals surface area contributed by atoms with Gasteiger partial charge in [-0.3, -0.25) is 9.69 Å². The molecule has 0 aromatic carbocycles. The zero-order chi connectivity index (χ0) is 10.8. The molecule has 1 N–H and O–H groups in total. The van der Waals surface area contributed by atoms with Crippen molar-refractivity contribution in [3.8, 4) is 0 Å². The van der Waals surface area contributed by atoms with Gasteiger partial charge in [-0.2, -0.15) is 11.8 Å². The highest BCUT2D eigenvalue weighted by atomic mass is 32.2. The Bertz CT molecular complexity index is 237. The van der Waals surface area contributed by atoms with E-state index < -0.39 is 5.97 Å². The Morgan fingerprint density at radius 2 is 1.80 bits per heavy atom. The van der Waals surface area contributed by atoms with Gasteiger partial charge in [-0.1, -0.05) is 0 Å². The van der Waals surface area contributed by atoms with Crippen LogP contribution in [0.2, 0.25) is 0 Å². The number of hydrogen-bond donors (Lipinski definition) is 1. The number of thioether (sulfide) groups is 1. The van der Waals surface area contributed by atoms with Crippen LogP contribution in [0.15, 0.2) is 0 Å². The van der Waals surface area contributed by atoms with Gasteiger partial charge in [-0.25, -0.2) is 0 Å². The molecule has 15 heavy (non-hydrogen) atoms. The number of nitrogens with zero attached hydrogens (tertiary/aromatic N) is 1. The number of carboxylic acid groups (broad SMARTS) is 1. The first-order valence-electron chi connectivity index (χ1n) is 5.78. The lowest BCUT2D eigenvalue weighted by Crippen LogP contribution is -2.48. The van der Waals surface area contributed by atoms with Crippen molar-refractivity contribution in [2.24, 2.45) is 0 Å². The predicted molar refractivity (Wildman–Crippen MR) is 62.3 cm³/mol. The topological polar surface area (TPSA) is 40.5 Å². The molecule has 86 valence electrons. The summed E-state index contributed by atoms with van der Waals surface area (Å²) in [7, 11) is 0. The summed E-state index contributed by atoms with van der Waals surface area (Å²) in [4.78, 5) is 13.3. The van der Waals surface area contributed by atoms with Crippen LogP contribution in [0.1, 0.15) is 32.6 Å². The van der Waals surface area contributed by atoms with Crippen LogP contribution in [0.5, 0.6) is 0 Å². The largest absolute Gasteiger partial charge is 0.480 e. The number of hydrogen-bond acceptors (Lipinski definition) is 3. The Balaban J connectivity index is 2.00. The molecule has 1 aliphatic heterocycles. The minimum atomic E-state index is -0.667.